The van der Waals surface area contributed by atoms with Gasteiger partial charge in [0.1, 0.15) is 49.5 Å². The fraction of sp³-hybridized carbons (Fsp3) is 0.481. The molecular weight excluding hydrogens is 472 g/mol. The first-order valence-corrected chi connectivity index (χ1v) is 12.1. The minimum atomic E-state index is -1.50. The molecule has 8 heteroatoms. The molecule has 1 fully saturated rings. The van der Waals surface area contributed by atoms with Crippen LogP contribution in [0.2, 0.25) is 5.02 Å². The van der Waals surface area contributed by atoms with Gasteiger partial charge in [-0.25, -0.2) is 0 Å². The van der Waals surface area contributed by atoms with Crippen LogP contribution in [0.3, 0.4) is 0 Å². The monoisotopic (exact) mass is 504 g/mol. The fourth-order valence-electron chi connectivity index (χ4n) is 3.98. The molecule has 35 heavy (non-hydrogen) atoms. The second-order valence-corrected chi connectivity index (χ2v) is 8.81. The Morgan fingerprint density at radius 3 is 2.37 bits per heavy atom. The fourth-order valence-corrected chi connectivity index (χ4v) is 4.20. The van der Waals surface area contributed by atoms with Crippen molar-refractivity contribution in [2.45, 2.75) is 57.2 Å². The Labute approximate surface area is 211 Å². The summed E-state index contributed by atoms with van der Waals surface area (Å²) in [6, 6.07) is 11.7. The van der Waals surface area contributed by atoms with Gasteiger partial charge in [-0.1, -0.05) is 48.7 Å². The number of rotatable bonds is 10. The van der Waals surface area contributed by atoms with Crippen LogP contribution in [0.4, 0.5) is 0 Å². The third kappa shape index (κ3) is 6.96. The summed E-state index contributed by atoms with van der Waals surface area (Å²) >= 11 is 6.61. The van der Waals surface area contributed by atoms with E-state index < -0.39 is 37.1 Å². The Morgan fingerprint density at radius 1 is 1.00 bits per heavy atom. The van der Waals surface area contributed by atoms with Crippen molar-refractivity contribution in [3.63, 3.8) is 0 Å². The normalized spacial score (nSPS) is 24.0. The molecule has 0 spiro atoms. The molecule has 190 valence electrons. The summed E-state index contributed by atoms with van der Waals surface area (Å²) in [6.45, 7) is 4.08. The van der Waals surface area contributed by atoms with E-state index in [9.17, 15) is 20.4 Å². The molecule has 1 saturated heterocycles. The molecule has 0 aromatic heterocycles. The van der Waals surface area contributed by atoms with Gasteiger partial charge in [0.25, 0.3) is 0 Å². The van der Waals surface area contributed by atoms with Crippen LogP contribution in [0, 0.1) is 11.8 Å². The largest absolute Gasteiger partial charge is 0.491 e. The maximum Gasteiger partial charge on any atom is 0.126 e. The summed E-state index contributed by atoms with van der Waals surface area (Å²) in [5.41, 5.74) is 3.53. The van der Waals surface area contributed by atoms with Crippen molar-refractivity contribution in [3.05, 3.63) is 63.7 Å². The molecule has 0 unspecified atom stereocenters. The van der Waals surface area contributed by atoms with Crippen molar-refractivity contribution in [1.82, 2.24) is 0 Å². The van der Waals surface area contributed by atoms with Crippen LogP contribution >= 0.6 is 11.6 Å². The van der Waals surface area contributed by atoms with Gasteiger partial charge in [-0.2, -0.15) is 0 Å². The van der Waals surface area contributed by atoms with Gasteiger partial charge < -0.3 is 34.6 Å². The molecule has 1 heterocycles. The standard InChI is InChI=1S/C27H33ClO7/c1-3-5-10-33-11-12-34-22-15-21(28)19(13-18-8-6-17(4-2)7-9-18)14-20(22)27-26(32)25(31)24(30)23(16-29)35-27/h6-9,14-15,23-27,29-32H,4,10-13,16H2,1-2H3/t23-,24-,25+,26-,27+/m1/s1. The zero-order valence-electron chi connectivity index (χ0n) is 20.0. The molecule has 3 rings (SSSR count). The highest BCUT2D eigenvalue weighted by molar-refractivity contribution is 6.31. The first-order chi connectivity index (χ1) is 16.9. The van der Waals surface area contributed by atoms with E-state index in [0.29, 0.717) is 22.8 Å². The molecule has 0 bridgehead atoms. The Balaban J connectivity index is 1.91. The second kappa shape index (κ2) is 13.2. The first kappa shape index (κ1) is 27.4. The zero-order chi connectivity index (χ0) is 25.4. The van der Waals surface area contributed by atoms with Gasteiger partial charge in [0.15, 0.2) is 0 Å². The number of benzene rings is 2. The molecule has 2 aromatic rings. The molecule has 0 amide bonds. The van der Waals surface area contributed by atoms with Gasteiger partial charge in [-0.15, -0.1) is 5.92 Å². The van der Waals surface area contributed by atoms with Crippen molar-refractivity contribution in [2.75, 3.05) is 26.4 Å². The molecular formula is C27H33ClO7. The molecule has 0 radical (unpaired) electrons. The van der Waals surface area contributed by atoms with E-state index in [2.05, 4.69) is 30.9 Å². The smallest absolute Gasteiger partial charge is 0.126 e. The molecule has 5 atom stereocenters. The Kier molecular flexibility index (Phi) is 10.4. The van der Waals surface area contributed by atoms with Crippen LogP contribution in [-0.4, -0.2) is 71.3 Å². The minimum Gasteiger partial charge on any atom is -0.491 e. The van der Waals surface area contributed by atoms with Crippen molar-refractivity contribution in [1.29, 1.82) is 0 Å². The molecule has 1 aliphatic rings. The average molecular weight is 505 g/mol. The van der Waals surface area contributed by atoms with Crippen LogP contribution in [0.25, 0.3) is 0 Å². The SMILES string of the molecule is CC#CCOCCOc1cc(Cl)c(Cc2ccc(CC)cc2)cc1[C@@H]1O[C@H](CO)[C@@H](O)[C@H](O)[C@H]1O. The van der Waals surface area contributed by atoms with Crippen molar-refractivity contribution in [3.8, 4) is 17.6 Å². The molecule has 1 aliphatic heterocycles. The van der Waals surface area contributed by atoms with Gasteiger partial charge in [0.05, 0.1) is 13.2 Å². The van der Waals surface area contributed by atoms with Crippen LogP contribution in [0.15, 0.2) is 36.4 Å². The van der Waals surface area contributed by atoms with Gasteiger partial charge >= 0.3 is 0 Å². The van der Waals surface area contributed by atoms with E-state index in [1.54, 1.807) is 19.1 Å². The molecule has 7 nitrogen and oxygen atoms in total. The third-order valence-electron chi connectivity index (χ3n) is 6.04. The highest BCUT2D eigenvalue weighted by Crippen LogP contribution is 2.40. The van der Waals surface area contributed by atoms with Crippen molar-refractivity contribution >= 4 is 11.6 Å². The van der Waals surface area contributed by atoms with E-state index in [4.69, 9.17) is 25.8 Å². The lowest BCUT2D eigenvalue weighted by atomic mass is 9.89. The highest BCUT2D eigenvalue weighted by Gasteiger charge is 2.45. The number of halogens is 1. The highest BCUT2D eigenvalue weighted by atomic mass is 35.5. The lowest BCUT2D eigenvalue weighted by Gasteiger charge is -2.40. The lowest BCUT2D eigenvalue weighted by molar-refractivity contribution is -0.232. The lowest BCUT2D eigenvalue weighted by Crippen LogP contribution is -2.55. The topological polar surface area (TPSA) is 109 Å². The summed E-state index contributed by atoms with van der Waals surface area (Å²) in [5.74, 6) is 5.91. The van der Waals surface area contributed by atoms with Crippen molar-refractivity contribution in [2.24, 2.45) is 0 Å². The van der Waals surface area contributed by atoms with Crippen LogP contribution in [-0.2, 0) is 22.3 Å². The number of aryl methyl sites for hydroxylation is 1. The van der Waals surface area contributed by atoms with Crippen LogP contribution < -0.4 is 4.74 Å². The van der Waals surface area contributed by atoms with Crippen LogP contribution in [0.5, 0.6) is 5.75 Å². The van der Waals surface area contributed by atoms with E-state index in [-0.39, 0.29) is 19.8 Å². The summed E-state index contributed by atoms with van der Waals surface area (Å²) in [7, 11) is 0. The summed E-state index contributed by atoms with van der Waals surface area (Å²) in [5, 5.41) is 41.4. The maximum atomic E-state index is 10.7. The number of aliphatic hydroxyl groups excluding tert-OH is 4. The summed E-state index contributed by atoms with van der Waals surface area (Å²) < 4.78 is 17.1. The number of hydrogen-bond donors (Lipinski definition) is 4. The predicted molar refractivity (Wildman–Crippen MR) is 133 cm³/mol. The predicted octanol–water partition coefficient (Wildman–Crippen LogP) is 2.43. The van der Waals surface area contributed by atoms with Gasteiger partial charge in [0.2, 0.25) is 0 Å². The van der Waals surface area contributed by atoms with Gasteiger partial charge in [-0.3, -0.25) is 0 Å². The van der Waals surface area contributed by atoms with Crippen molar-refractivity contribution < 1.29 is 34.6 Å². The zero-order valence-corrected chi connectivity index (χ0v) is 20.7. The Bertz CT molecular complexity index is 1010. The molecule has 0 aliphatic carbocycles. The van der Waals surface area contributed by atoms with E-state index >= 15 is 0 Å². The molecule has 0 saturated carbocycles. The summed E-state index contributed by atoms with van der Waals surface area (Å²) in [4.78, 5) is 0. The maximum absolute atomic E-state index is 10.7. The Morgan fingerprint density at radius 2 is 1.71 bits per heavy atom. The Hall–Kier alpha value is -2.15. The van der Waals surface area contributed by atoms with E-state index in [0.717, 1.165) is 17.5 Å². The summed E-state index contributed by atoms with van der Waals surface area (Å²) in [6.07, 6.45) is -5.00. The number of hydrogen-bond acceptors (Lipinski definition) is 7. The first-order valence-electron chi connectivity index (χ1n) is 11.7. The minimum absolute atomic E-state index is 0.198. The molecule has 2 aromatic carbocycles. The second-order valence-electron chi connectivity index (χ2n) is 8.41. The van der Waals surface area contributed by atoms with Gasteiger partial charge in [0, 0.05) is 10.6 Å². The third-order valence-corrected chi connectivity index (χ3v) is 6.39. The number of ether oxygens (including phenoxy) is 3. The quantitative estimate of drug-likeness (QED) is 0.291. The van der Waals surface area contributed by atoms with E-state index in [1.807, 2.05) is 12.1 Å². The van der Waals surface area contributed by atoms with Crippen LogP contribution in [0.1, 0.15) is 42.2 Å². The number of aliphatic hydroxyl groups is 4. The van der Waals surface area contributed by atoms with E-state index in [1.165, 1.54) is 5.56 Å². The average Bonchev–Trinajstić information content (AvgIpc) is 2.87. The van der Waals surface area contributed by atoms with Gasteiger partial charge in [-0.05, 0) is 48.6 Å². The molecule has 4 N–H and O–H groups in total.